The van der Waals surface area contributed by atoms with Gasteiger partial charge in [-0.3, -0.25) is 4.79 Å². The average Bonchev–Trinajstić information content (AvgIpc) is 2.24. The highest BCUT2D eigenvalue weighted by Crippen LogP contribution is 2.25. The molecule has 0 heterocycles. The number of carboxylic acids is 1. The molecule has 0 fully saturated rings. The van der Waals surface area contributed by atoms with E-state index < -0.39 is 30.4 Å². The summed E-state index contributed by atoms with van der Waals surface area (Å²) in [6.45, 7) is -0.684. The molecule has 2 N–H and O–H groups in total. The Balaban J connectivity index is 2.49. The van der Waals surface area contributed by atoms with Crippen molar-refractivity contribution in [3.05, 3.63) is 35.6 Å². The molecular weight excluding hydrogens is 254 g/mol. The number of rotatable bonds is 5. The van der Waals surface area contributed by atoms with E-state index in [0.29, 0.717) is 5.56 Å². The molecule has 3 nitrogen and oxygen atoms in total. The summed E-state index contributed by atoms with van der Waals surface area (Å²) in [6, 6.07) is 5.17. The van der Waals surface area contributed by atoms with Gasteiger partial charge in [-0.25, -0.2) is 4.39 Å². The van der Waals surface area contributed by atoms with Crippen LogP contribution in [-0.4, -0.2) is 23.8 Å². The van der Waals surface area contributed by atoms with Gasteiger partial charge in [0, 0.05) is 13.1 Å². The number of hydrogen-bond donors (Lipinski definition) is 2. The summed E-state index contributed by atoms with van der Waals surface area (Å²) in [7, 11) is 0. The first-order chi connectivity index (χ1) is 8.30. The van der Waals surface area contributed by atoms with Gasteiger partial charge in [0.15, 0.2) is 5.92 Å². The number of alkyl halides is 3. The van der Waals surface area contributed by atoms with Crippen LogP contribution < -0.4 is 5.32 Å². The van der Waals surface area contributed by atoms with Crippen LogP contribution in [0.25, 0.3) is 0 Å². The van der Waals surface area contributed by atoms with Gasteiger partial charge in [-0.05, 0) is 17.7 Å². The summed E-state index contributed by atoms with van der Waals surface area (Å²) in [5.41, 5.74) is 0.572. The van der Waals surface area contributed by atoms with Gasteiger partial charge in [0.25, 0.3) is 0 Å². The zero-order valence-electron chi connectivity index (χ0n) is 9.17. The van der Waals surface area contributed by atoms with E-state index in [0.717, 1.165) is 0 Å². The quantitative estimate of drug-likeness (QED) is 0.802. The zero-order valence-corrected chi connectivity index (χ0v) is 9.17. The van der Waals surface area contributed by atoms with Crippen molar-refractivity contribution < 1.29 is 27.5 Å². The lowest BCUT2D eigenvalue weighted by atomic mass is 10.1. The smallest absolute Gasteiger partial charge is 0.403 e. The molecule has 0 aliphatic heterocycles. The van der Waals surface area contributed by atoms with E-state index in [1.165, 1.54) is 24.3 Å². The Hall–Kier alpha value is -1.63. The minimum Gasteiger partial charge on any atom is -0.481 e. The molecule has 0 bridgehead atoms. The van der Waals surface area contributed by atoms with E-state index in [2.05, 4.69) is 5.32 Å². The number of halogens is 4. The fraction of sp³-hybridized carbons (Fsp3) is 0.364. The summed E-state index contributed by atoms with van der Waals surface area (Å²) >= 11 is 0. The Morgan fingerprint density at radius 2 is 1.83 bits per heavy atom. The van der Waals surface area contributed by atoms with Gasteiger partial charge in [-0.1, -0.05) is 12.1 Å². The van der Waals surface area contributed by atoms with Crippen molar-refractivity contribution in [3.8, 4) is 0 Å². The molecule has 1 aromatic carbocycles. The minimum atomic E-state index is -4.79. The third-order valence-electron chi connectivity index (χ3n) is 2.28. The molecule has 0 aliphatic carbocycles. The van der Waals surface area contributed by atoms with E-state index in [1.54, 1.807) is 0 Å². The third kappa shape index (κ3) is 4.33. The monoisotopic (exact) mass is 265 g/mol. The number of carbonyl (C=O) groups is 1. The Morgan fingerprint density at radius 3 is 2.28 bits per heavy atom. The zero-order chi connectivity index (χ0) is 13.8. The van der Waals surface area contributed by atoms with Gasteiger partial charge >= 0.3 is 12.1 Å². The molecule has 7 heteroatoms. The van der Waals surface area contributed by atoms with E-state index >= 15 is 0 Å². The Morgan fingerprint density at radius 1 is 1.28 bits per heavy atom. The normalized spacial score (nSPS) is 13.3. The van der Waals surface area contributed by atoms with Crippen LogP contribution in [0.2, 0.25) is 0 Å². The molecule has 18 heavy (non-hydrogen) atoms. The van der Waals surface area contributed by atoms with E-state index in [9.17, 15) is 22.4 Å². The topological polar surface area (TPSA) is 49.3 Å². The molecule has 1 atom stereocenters. The first-order valence-corrected chi connectivity index (χ1v) is 5.05. The lowest BCUT2D eigenvalue weighted by Crippen LogP contribution is -2.38. The van der Waals surface area contributed by atoms with Crippen LogP contribution in [0.3, 0.4) is 0 Å². The molecule has 0 amide bonds. The van der Waals surface area contributed by atoms with Crippen molar-refractivity contribution in [1.29, 1.82) is 0 Å². The highest BCUT2D eigenvalue weighted by atomic mass is 19.4. The van der Waals surface area contributed by atoms with Crippen molar-refractivity contribution in [2.75, 3.05) is 6.54 Å². The second-order valence-electron chi connectivity index (χ2n) is 3.69. The summed E-state index contributed by atoms with van der Waals surface area (Å²) in [5, 5.41) is 10.8. The maximum atomic E-state index is 12.6. The van der Waals surface area contributed by atoms with Gasteiger partial charge in [0.2, 0.25) is 0 Å². The molecule has 0 aromatic heterocycles. The second-order valence-corrected chi connectivity index (χ2v) is 3.69. The third-order valence-corrected chi connectivity index (χ3v) is 2.28. The number of carboxylic acid groups (broad SMARTS) is 1. The van der Waals surface area contributed by atoms with Gasteiger partial charge in [-0.2, -0.15) is 13.2 Å². The fourth-order valence-electron chi connectivity index (χ4n) is 1.31. The molecule has 1 unspecified atom stereocenters. The van der Waals surface area contributed by atoms with Gasteiger partial charge in [-0.15, -0.1) is 0 Å². The van der Waals surface area contributed by atoms with Crippen LogP contribution in [0, 0.1) is 11.7 Å². The lowest BCUT2D eigenvalue weighted by Gasteiger charge is -2.16. The lowest BCUT2D eigenvalue weighted by molar-refractivity contribution is -0.192. The van der Waals surface area contributed by atoms with Crippen molar-refractivity contribution in [2.24, 2.45) is 5.92 Å². The van der Waals surface area contributed by atoms with Crippen molar-refractivity contribution >= 4 is 5.97 Å². The molecule has 0 saturated carbocycles. The van der Waals surface area contributed by atoms with Crippen LogP contribution in [-0.2, 0) is 11.3 Å². The van der Waals surface area contributed by atoms with Crippen molar-refractivity contribution in [1.82, 2.24) is 5.32 Å². The Bertz CT molecular complexity index is 402. The summed E-state index contributed by atoms with van der Waals surface area (Å²) in [4.78, 5) is 10.4. The van der Waals surface area contributed by atoms with Crippen LogP contribution >= 0.6 is 0 Å². The Labute approximate surface area is 100 Å². The van der Waals surface area contributed by atoms with Crippen molar-refractivity contribution in [2.45, 2.75) is 12.7 Å². The standard InChI is InChI=1S/C11H11F4NO2/c12-8-3-1-7(2-4-8)5-16-6-9(10(17)18)11(13,14)15/h1-4,9,16H,5-6H2,(H,17,18). The molecule has 100 valence electrons. The summed E-state index contributed by atoms with van der Waals surface area (Å²) < 4.78 is 49.4. The summed E-state index contributed by atoms with van der Waals surface area (Å²) in [5.74, 6) is -4.82. The number of aliphatic carboxylic acids is 1. The van der Waals surface area contributed by atoms with E-state index in [-0.39, 0.29) is 6.54 Å². The largest absolute Gasteiger partial charge is 0.481 e. The van der Waals surface area contributed by atoms with E-state index in [4.69, 9.17) is 5.11 Å². The predicted molar refractivity (Wildman–Crippen MR) is 55.3 cm³/mol. The van der Waals surface area contributed by atoms with Crippen LogP contribution in [0.4, 0.5) is 17.6 Å². The minimum absolute atomic E-state index is 0.0418. The van der Waals surface area contributed by atoms with Gasteiger partial charge in [0.05, 0.1) is 0 Å². The highest BCUT2D eigenvalue weighted by molar-refractivity contribution is 5.71. The van der Waals surface area contributed by atoms with Crippen LogP contribution in [0.15, 0.2) is 24.3 Å². The van der Waals surface area contributed by atoms with Gasteiger partial charge < -0.3 is 10.4 Å². The molecule has 1 rings (SSSR count). The van der Waals surface area contributed by atoms with Crippen LogP contribution in [0.5, 0.6) is 0 Å². The highest BCUT2D eigenvalue weighted by Gasteiger charge is 2.44. The summed E-state index contributed by atoms with van der Waals surface area (Å²) in [6.07, 6.45) is -4.79. The fourth-order valence-corrected chi connectivity index (χ4v) is 1.31. The van der Waals surface area contributed by atoms with Crippen molar-refractivity contribution in [3.63, 3.8) is 0 Å². The molecule has 0 saturated heterocycles. The predicted octanol–water partition coefficient (Wildman–Crippen LogP) is 2.18. The van der Waals surface area contributed by atoms with Gasteiger partial charge in [0.1, 0.15) is 5.82 Å². The first kappa shape index (κ1) is 14.4. The van der Waals surface area contributed by atoms with Crippen LogP contribution in [0.1, 0.15) is 5.56 Å². The first-order valence-electron chi connectivity index (χ1n) is 5.05. The number of hydrogen-bond acceptors (Lipinski definition) is 2. The molecule has 0 spiro atoms. The average molecular weight is 265 g/mol. The maximum absolute atomic E-state index is 12.6. The molecule has 0 aliphatic rings. The van der Waals surface area contributed by atoms with E-state index in [1.807, 2.05) is 0 Å². The maximum Gasteiger partial charge on any atom is 0.403 e. The Kier molecular flexibility index (Phi) is 4.66. The second kappa shape index (κ2) is 5.81. The number of benzene rings is 1. The molecule has 0 radical (unpaired) electrons. The SMILES string of the molecule is O=C(O)C(CNCc1ccc(F)cc1)C(F)(F)F. The molecular formula is C11H11F4NO2. The number of nitrogens with one attached hydrogen (secondary N) is 1. The molecule has 1 aromatic rings.